The molecule has 1 aliphatic heterocycles. The molecule has 3 aromatic rings. The second-order valence-electron chi connectivity index (χ2n) is 6.50. The Labute approximate surface area is 165 Å². The molecule has 0 spiro atoms. The van der Waals surface area contributed by atoms with Crippen LogP contribution in [0.2, 0.25) is 0 Å². The van der Waals surface area contributed by atoms with Crippen LogP contribution in [0.1, 0.15) is 35.8 Å². The van der Waals surface area contributed by atoms with Gasteiger partial charge in [0, 0.05) is 18.5 Å². The molecule has 0 N–H and O–H groups in total. The van der Waals surface area contributed by atoms with Crippen LogP contribution in [-0.2, 0) is 11.2 Å². The molecule has 0 saturated heterocycles. The van der Waals surface area contributed by atoms with Crippen LogP contribution in [0.15, 0.2) is 35.1 Å². The van der Waals surface area contributed by atoms with E-state index in [0.29, 0.717) is 17.9 Å². The summed E-state index contributed by atoms with van der Waals surface area (Å²) in [6.45, 7) is 2.01. The van der Waals surface area contributed by atoms with Gasteiger partial charge in [-0.2, -0.15) is 5.10 Å². The summed E-state index contributed by atoms with van der Waals surface area (Å²) in [6.07, 6.45) is 5.12. The number of fused-ring (bicyclic) bond motifs is 2. The number of hydrogen-bond donors (Lipinski definition) is 0. The molecule has 4 rings (SSSR count). The third-order valence-electron chi connectivity index (χ3n) is 5.08. The van der Waals surface area contributed by atoms with Gasteiger partial charge in [-0.15, -0.1) is 0 Å². The van der Waals surface area contributed by atoms with Crippen LogP contribution in [0.4, 0.5) is 0 Å². The van der Waals surface area contributed by atoms with E-state index in [1.54, 1.807) is 29.8 Å². The second-order valence-corrected chi connectivity index (χ2v) is 7.41. The Morgan fingerprint density at radius 1 is 1.22 bits per heavy atom. The predicted molar refractivity (Wildman–Crippen MR) is 103 cm³/mol. The largest absolute Gasteiger partial charge is 0.493 e. The van der Waals surface area contributed by atoms with Gasteiger partial charge in [-0.1, -0.05) is 0 Å². The molecular formula is C19H19BrN4O3. The number of ether oxygens (including phenoxy) is 2. The average Bonchev–Trinajstić information content (AvgIpc) is 3.09. The van der Waals surface area contributed by atoms with E-state index < -0.39 is 0 Å². The van der Waals surface area contributed by atoms with E-state index in [2.05, 4.69) is 26.0 Å². The Bertz CT molecular complexity index is 1020. The Morgan fingerprint density at radius 2 is 1.96 bits per heavy atom. The minimum Gasteiger partial charge on any atom is -0.493 e. The topological polar surface area (TPSA) is 69.0 Å². The Balaban J connectivity index is 1.81. The Kier molecular flexibility index (Phi) is 4.51. The quantitative estimate of drug-likeness (QED) is 0.593. The molecule has 1 aromatic carbocycles. The van der Waals surface area contributed by atoms with Crippen molar-refractivity contribution in [3.05, 3.63) is 51.9 Å². The summed E-state index contributed by atoms with van der Waals surface area (Å²) in [4.78, 5) is 18.1. The van der Waals surface area contributed by atoms with Gasteiger partial charge in [0.15, 0.2) is 17.1 Å². The number of aromatic nitrogens is 3. The molecule has 140 valence electrons. The lowest BCUT2D eigenvalue weighted by Crippen LogP contribution is -2.36. The van der Waals surface area contributed by atoms with E-state index in [1.807, 2.05) is 31.3 Å². The molecule has 2 unspecified atom stereocenters. The number of hydrogen-bond acceptors (Lipinski definition) is 5. The van der Waals surface area contributed by atoms with Crippen molar-refractivity contribution in [1.82, 2.24) is 19.5 Å². The van der Waals surface area contributed by atoms with Crippen LogP contribution in [0.5, 0.6) is 11.5 Å². The van der Waals surface area contributed by atoms with Crippen molar-refractivity contribution >= 4 is 28.0 Å². The maximum absolute atomic E-state index is 11.9. The van der Waals surface area contributed by atoms with Gasteiger partial charge in [-0.3, -0.25) is 4.79 Å². The molecule has 0 radical (unpaired) electrons. The predicted octanol–water partition coefficient (Wildman–Crippen LogP) is 3.33. The number of nitrogens with zero attached hydrogens (tertiary/aromatic N) is 4. The molecule has 2 atom stereocenters. The average molecular weight is 431 g/mol. The lowest BCUT2D eigenvalue weighted by atomic mass is 9.87. The molecule has 7 nitrogen and oxygen atoms in total. The highest BCUT2D eigenvalue weighted by atomic mass is 79.9. The molecule has 0 bridgehead atoms. The van der Waals surface area contributed by atoms with E-state index in [1.165, 1.54) is 0 Å². The van der Waals surface area contributed by atoms with Gasteiger partial charge in [-0.05, 0) is 52.5 Å². The van der Waals surface area contributed by atoms with E-state index in [0.717, 1.165) is 33.4 Å². The maximum Gasteiger partial charge on any atom is 0.210 e. The van der Waals surface area contributed by atoms with Gasteiger partial charge in [0.1, 0.15) is 0 Å². The first-order valence-electron chi connectivity index (χ1n) is 8.54. The van der Waals surface area contributed by atoms with Gasteiger partial charge >= 0.3 is 0 Å². The minimum atomic E-state index is -0.177. The number of benzene rings is 1. The highest BCUT2D eigenvalue weighted by molar-refractivity contribution is 9.10. The molecule has 0 aliphatic carbocycles. The zero-order valence-electron chi connectivity index (χ0n) is 15.2. The van der Waals surface area contributed by atoms with Gasteiger partial charge in [-0.25, -0.2) is 9.50 Å². The zero-order valence-corrected chi connectivity index (χ0v) is 16.8. The number of amides is 1. The minimum absolute atomic E-state index is 0.111. The normalized spacial score (nSPS) is 19.0. The monoisotopic (exact) mass is 430 g/mol. The van der Waals surface area contributed by atoms with Crippen molar-refractivity contribution in [1.29, 1.82) is 0 Å². The van der Waals surface area contributed by atoms with E-state index in [4.69, 9.17) is 9.47 Å². The fourth-order valence-electron chi connectivity index (χ4n) is 3.70. The van der Waals surface area contributed by atoms with Crippen LogP contribution in [0.25, 0.3) is 5.65 Å². The number of rotatable bonds is 4. The molecular weight excluding hydrogens is 412 g/mol. The van der Waals surface area contributed by atoms with Crippen molar-refractivity contribution in [2.75, 3.05) is 14.2 Å². The highest BCUT2D eigenvalue weighted by Gasteiger charge is 2.34. The number of halogens is 1. The third-order valence-corrected chi connectivity index (χ3v) is 5.49. The third kappa shape index (κ3) is 2.93. The van der Waals surface area contributed by atoms with Crippen LogP contribution in [0.3, 0.4) is 0 Å². The Morgan fingerprint density at radius 3 is 2.67 bits per heavy atom. The van der Waals surface area contributed by atoms with Gasteiger partial charge in [0.25, 0.3) is 0 Å². The van der Waals surface area contributed by atoms with Crippen LogP contribution < -0.4 is 9.47 Å². The van der Waals surface area contributed by atoms with Crippen molar-refractivity contribution in [2.24, 2.45) is 0 Å². The summed E-state index contributed by atoms with van der Waals surface area (Å²) >= 11 is 3.41. The van der Waals surface area contributed by atoms with Gasteiger partial charge < -0.3 is 14.4 Å². The number of carbonyl (C=O) groups is 1. The smallest absolute Gasteiger partial charge is 0.210 e. The summed E-state index contributed by atoms with van der Waals surface area (Å²) in [5.41, 5.74) is 3.72. The lowest BCUT2D eigenvalue weighted by molar-refractivity contribution is -0.123. The van der Waals surface area contributed by atoms with Crippen molar-refractivity contribution < 1.29 is 14.3 Å². The van der Waals surface area contributed by atoms with E-state index in [9.17, 15) is 4.79 Å². The fourth-order valence-corrected chi connectivity index (χ4v) is 4.00. The van der Waals surface area contributed by atoms with Crippen molar-refractivity contribution in [2.45, 2.75) is 25.4 Å². The molecule has 8 heteroatoms. The van der Waals surface area contributed by atoms with Crippen LogP contribution >= 0.6 is 15.9 Å². The Hall–Kier alpha value is -2.61. The zero-order chi connectivity index (χ0) is 19.1. The first-order valence-corrected chi connectivity index (χ1v) is 9.33. The standard InChI is InChI=1S/C19H19BrN4O3/c1-11-14-6-18(27-3)17(26-2)5-12(14)4-16(23(11)10-25)15-7-19-21-8-13(20)9-24(19)22-15/h5-11,16H,4H2,1-3H3. The van der Waals surface area contributed by atoms with Crippen molar-refractivity contribution in [3.63, 3.8) is 0 Å². The second kappa shape index (κ2) is 6.84. The highest BCUT2D eigenvalue weighted by Crippen LogP contribution is 2.43. The maximum atomic E-state index is 11.9. The molecule has 0 fully saturated rings. The van der Waals surface area contributed by atoms with E-state index >= 15 is 0 Å². The number of methoxy groups -OCH3 is 2. The molecule has 2 aromatic heterocycles. The molecule has 1 amide bonds. The van der Waals surface area contributed by atoms with Crippen molar-refractivity contribution in [3.8, 4) is 11.5 Å². The first-order chi connectivity index (χ1) is 13.0. The summed E-state index contributed by atoms with van der Waals surface area (Å²) in [7, 11) is 3.23. The fraction of sp³-hybridized carbons (Fsp3) is 0.316. The van der Waals surface area contributed by atoms with Crippen LogP contribution in [-0.4, -0.2) is 40.1 Å². The van der Waals surface area contributed by atoms with E-state index in [-0.39, 0.29) is 12.1 Å². The van der Waals surface area contributed by atoms with Crippen LogP contribution in [0, 0.1) is 0 Å². The SMILES string of the molecule is COc1cc2c(cc1OC)C(C)N(C=O)C(c1cc3ncc(Br)cn3n1)C2. The summed E-state index contributed by atoms with van der Waals surface area (Å²) in [6, 6.07) is 5.58. The van der Waals surface area contributed by atoms with Gasteiger partial charge in [0.2, 0.25) is 6.41 Å². The molecule has 1 aliphatic rings. The molecule has 3 heterocycles. The lowest BCUT2D eigenvalue weighted by Gasteiger charge is -2.39. The number of carbonyl (C=O) groups excluding carboxylic acids is 1. The summed E-state index contributed by atoms with van der Waals surface area (Å²) in [5.74, 6) is 1.34. The molecule has 0 saturated carbocycles. The molecule has 27 heavy (non-hydrogen) atoms. The summed E-state index contributed by atoms with van der Waals surface area (Å²) < 4.78 is 13.4. The summed E-state index contributed by atoms with van der Waals surface area (Å²) in [5, 5.41) is 4.65. The van der Waals surface area contributed by atoms with Gasteiger partial charge in [0.05, 0.1) is 36.5 Å². The first kappa shape index (κ1) is 17.8.